The van der Waals surface area contributed by atoms with Crippen LogP contribution in [0.5, 0.6) is 0 Å². The van der Waals surface area contributed by atoms with Crippen molar-refractivity contribution in [1.82, 2.24) is 9.27 Å². The van der Waals surface area contributed by atoms with E-state index in [0.29, 0.717) is 12.1 Å². The quantitative estimate of drug-likeness (QED) is 0.748. The number of amides is 1. The number of piperidine rings is 1. The molecule has 8 heteroatoms. The number of anilines is 1. The minimum absolute atomic E-state index is 0.0135. The Morgan fingerprint density at radius 3 is 2.89 bits per heavy atom. The zero-order valence-corrected chi connectivity index (χ0v) is 16.5. The summed E-state index contributed by atoms with van der Waals surface area (Å²) in [4.78, 5) is 26.2. The van der Waals surface area contributed by atoms with Gasteiger partial charge in [-0.1, -0.05) is 6.07 Å². The number of aromatic nitrogens is 1. The van der Waals surface area contributed by atoms with E-state index in [0.717, 1.165) is 47.6 Å². The van der Waals surface area contributed by atoms with E-state index < -0.39 is 6.10 Å². The van der Waals surface area contributed by atoms with Gasteiger partial charge < -0.3 is 20.1 Å². The molecule has 7 nitrogen and oxygen atoms in total. The van der Waals surface area contributed by atoms with E-state index in [9.17, 15) is 14.7 Å². The Bertz CT molecular complexity index is 876. The summed E-state index contributed by atoms with van der Waals surface area (Å²) in [7, 11) is 0. The highest BCUT2D eigenvalue weighted by atomic mass is 32.1. The molecule has 2 aliphatic heterocycles. The molecule has 0 spiro atoms. The number of cyclic esters (lactones) is 1. The molecule has 0 unspecified atom stereocenters. The van der Waals surface area contributed by atoms with Gasteiger partial charge in [-0.25, -0.2) is 4.79 Å². The first kappa shape index (κ1) is 19.0. The first-order valence-electron chi connectivity index (χ1n) is 9.44. The van der Waals surface area contributed by atoms with E-state index in [1.54, 1.807) is 18.3 Å². The van der Waals surface area contributed by atoms with Crippen molar-refractivity contribution in [3.8, 4) is 0 Å². The minimum atomic E-state index is -0.636. The predicted molar refractivity (Wildman–Crippen MR) is 105 cm³/mol. The molecule has 0 saturated carbocycles. The number of β-amino-alcohol motifs (C(OH)–C–C–N with tert-alkyl or cyclic N) is 1. The largest absolute Gasteiger partial charge is 0.457 e. The molecule has 0 aliphatic carbocycles. The van der Waals surface area contributed by atoms with Crippen LogP contribution in [0.2, 0.25) is 0 Å². The fourth-order valence-electron chi connectivity index (χ4n) is 3.95. The van der Waals surface area contributed by atoms with Crippen molar-refractivity contribution in [2.24, 2.45) is 5.92 Å². The molecule has 1 aromatic heterocycles. The number of benzene rings is 1. The number of rotatable bonds is 5. The fraction of sp³-hybridized carbons (Fsp3) is 0.450. The molecule has 2 aliphatic rings. The molecule has 2 N–H and O–H groups in total. The summed E-state index contributed by atoms with van der Waals surface area (Å²) in [5, 5.41) is 14.4. The number of hydrogen-bond acceptors (Lipinski definition) is 7. The lowest BCUT2D eigenvalue weighted by Gasteiger charge is -2.32. The third-order valence-electron chi connectivity index (χ3n) is 5.64. The number of carbonyl (C=O) groups is 2. The van der Waals surface area contributed by atoms with Crippen molar-refractivity contribution in [1.29, 1.82) is 0 Å². The molecule has 1 amide bonds. The highest BCUT2D eigenvalue weighted by Crippen LogP contribution is 2.30. The van der Waals surface area contributed by atoms with Gasteiger partial charge in [0.1, 0.15) is 11.6 Å². The minimum Gasteiger partial charge on any atom is -0.457 e. The van der Waals surface area contributed by atoms with Gasteiger partial charge in [0, 0.05) is 24.2 Å². The number of carbonyl (C=O) groups excluding carboxylic acids is 2. The summed E-state index contributed by atoms with van der Waals surface area (Å²) in [5.74, 6) is -0.262. The maximum absolute atomic E-state index is 12.4. The fourth-order valence-corrected chi connectivity index (χ4v) is 4.46. The molecule has 28 heavy (non-hydrogen) atoms. The van der Waals surface area contributed by atoms with E-state index in [-0.39, 0.29) is 24.4 Å². The topological polar surface area (TPSA) is 91.8 Å². The van der Waals surface area contributed by atoms with E-state index in [1.165, 1.54) is 11.5 Å². The van der Waals surface area contributed by atoms with Crippen LogP contribution in [0.4, 0.5) is 5.00 Å². The Hall–Kier alpha value is -2.29. The van der Waals surface area contributed by atoms with Gasteiger partial charge in [0.25, 0.3) is 0 Å². The molecule has 1 fully saturated rings. The normalized spacial score (nSPS) is 18.6. The van der Waals surface area contributed by atoms with Crippen LogP contribution < -0.4 is 5.32 Å². The Morgan fingerprint density at radius 2 is 2.18 bits per heavy atom. The van der Waals surface area contributed by atoms with Gasteiger partial charge in [-0.3, -0.25) is 4.79 Å². The van der Waals surface area contributed by atoms with Crippen molar-refractivity contribution < 1.29 is 19.4 Å². The summed E-state index contributed by atoms with van der Waals surface area (Å²) >= 11 is 1.28. The van der Waals surface area contributed by atoms with Gasteiger partial charge in [-0.15, -0.1) is 0 Å². The smallest absolute Gasteiger partial charge is 0.338 e. The van der Waals surface area contributed by atoms with Gasteiger partial charge in [0.05, 0.1) is 11.7 Å². The maximum Gasteiger partial charge on any atom is 0.338 e. The monoisotopic (exact) mass is 401 g/mol. The van der Waals surface area contributed by atoms with Crippen molar-refractivity contribution in [3.05, 3.63) is 46.6 Å². The zero-order chi connectivity index (χ0) is 19.7. The number of nitrogens with one attached hydrogen (secondary N) is 1. The number of hydrogen-bond donors (Lipinski definition) is 2. The lowest BCUT2D eigenvalue weighted by molar-refractivity contribution is -0.121. The van der Waals surface area contributed by atoms with Crippen molar-refractivity contribution in [2.75, 3.05) is 25.0 Å². The third kappa shape index (κ3) is 3.80. The van der Waals surface area contributed by atoms with Crippen LogP contribution in [0, 0.1) is 12.8 Å². The van der Waals surface area contributed by atoms with E-state index in [2.05, 4.69) is 14.6 Å². The number of likely N-dealkylation sites (tertiary alicyclic amines) is 1. The predicted octanol–water partition coefficient (Wildman–Crippen LogP) is 2.51. The number of fused-ring (bicyclic) bond motifs is 1. The average Bonchev–Trinajstić information content (AvgIpc) is 3.33. The van der Waals surface area contributed by atoms with Crippen LogP contribution in [0.15, 0.2) is 24.4 Å². The van der Waals surface area contributed by atoms with Crippen molar-refractivity contribution >= 4 is 28.4 Å². The molecule has 148 valence electrons. The Balaban J connectivity index is 1.32. The SMILES string of the molecule is Cc1c([C@@H](O)CN2CCC(C(=O)Nc3ccns3)CC2)ccc2c1COC2=O. The number of esters is 1. The molecule has 1 aromatic carbocycles. The second-order valence-electron chi connectivity index (χ2n) is 7.34. The highest BCUT2D eigenvalue weighted by molar-refractivity contribution is 7.10. The summed E-state index contributed by atoms with van der Waals surface area (Å²) < 4.78 is 9.08. The van der Waals surface area contributed by atoms with Gasteiger partial charge >= 0.3 is 5.97 Å². The number of ether oxygens (including phenoxy) is 1. The van der Waals surface area contributed by atoms with Gasteiger partial charge in [-0.05, 0) is 67.6 Å². The lowest BCUT2D eigenvalue weighted by Crippen LogP contribution is -2.40. The average molecular weight is 401 g/mol. The van der Waals surface area contributed by atoms with Crippen LogP contribution in [-0.4, -0.2) is 45.9 Å². The molecule has 3 heterocycles. The van der Waals surface area contributed by atoms with Crippen LogP contribution in [0.3, 0.4) is 0 Å². The highest BCUT2D eigenvalue weighted by Gasteiger charge is 2.29. The second-order valence-corrected chi connectivity index (χ2v) is 8.17. The Kier molecular flexibility index (Phi) is 5.43. The standard InChI is InChI=1S/C20H23N3O4S/c1-12-14(2-3-15-16(12)11-27-20(15)26)17(24)10-23-8-5-13(6-9-23)19(25)22-18-4-7-21-28-18/h2-4,7,13,17,24H,5-6,8-11H2,1H3,(H,22,25)/t17-/m0/s1. The van der Waals surface area contributed by atoms with E-state index in [4.69, 9.17) is 4.74 Å². The molecule has 1 saturated heterocycles. The van der Waals surface area contributed by atoms with Crippen molar-refractivity contribution in [2.45, 2.75) is 32.5 Å². The summed E-state index contributed by atoms with van der Waals surface area (Å²) in [6.45, 7) is 4.25. The van der Waals surface area contributed by atoms with Crippen LogP contribution in [0.1, 0.15) is 46.0 Å². The van der Waals surface area contributed by atoms with E-state index in [1.807, 2.05) is 13.0 Å². The van der Waals surface area contributed by atoms with Crippen molar-refractivity contribution in [3.63, 3.8) is 0 Å². The second kappa shape index (κ2) is 7.98. The van der Waals surface area contributed by atoms with Gasteiger partial charge in [0.2, 0.25) is 5.91 Å². The zero-order valence-electron chi connectivity index (χ0n) is 15.7. The van der Waals surface area contributed by atoms with E-state index >= 15 is 0 Å². The summed E-state index contributed by atoms with van der Waals surface area (Å²) in [5.41, 5.74) is 3.23. The molecule has 2 aromatic rings. The third-order valence-corrected chi connectivity index (χ3v) is 6.30. The molecule has 0 bridgehead atoms. The number of nitrogens with zero attached hydrogens (tertiary/aromatic N) is 2. The summed E-state index contributed by atoms with van der Waals surface area (Å²) in [6.07, 6.45) is 2.57. The molecular weight excluding hydrogens is 378 g/mol. The first-order valence-corrected chi connectivity index (χ1v) is 10.2. The summed E-state index contributed by atoms with van der Waals surface area (Å²) in [6, 6.07) is 5.36. The number of aliphatic hydroxyl groups excluding tert-OH is 1. The van der Waals surface area contributed by atoms with Crippen LogP contribution in [0.25, 0.3) is 0 Å². The lowest BCUT2D eigenvalue weighted by atomic mass is 9.93. The van der Waals surface area contributed by atoms with Crippen LogP contribution >= 0.6 is 11.5 Å². The van der Waals surface area contributed by atoms with Gasteiger partial charge in [0.15, 0.2) is 0 Å². The van der Waals surface area contributed by atoms with Gasteiger partial charge in [-0.2, -0.15) is 4.37 Å². The maximum atomic E-state index is 12.4. The molecule has 4 rings (SSSR count). The molecule has 1 atom stereocenters. The Labute approximate surface area is 167 Å². The van der Waals surface area contributed by atoms with Crippen LogP contribution in [-0.2, 0) is 16.1 Å². The Morgan fingerprint density at radius 1 is 1.39 bits per heavy atom. The molecule has 0 radical (unpaired) electrons. The molecular formula is C20H23N3O4S. The number of aliphatic hydroxyl groups is 1. The first-order chi connectivity index (χ1) is 13.5.